The van der Waals surface area contributed by atoms with Crippen molar-refractivity contribution < 1.29 is 17.9 Å². The minimum atomic E-state index is -3.22. The number of hydrogen-bond donors (Lipinski definition) is 0. The highest BCUT2D eigenvalue weighted by atomic mass is 35.5. The first-order valence-electron chi connectivity index (χ1n) is 9.01. The van der Waals surface area contributed by atoms with Gasteiger partial charge in [-0.05, 0) is 42.0 Å². The molecule has 2 aromatic carbocycles. The van der Waals surface area contributed by atoms with Crippen LogP contribution in [0.25, 0.3) is 0 Å². The lowest BCUT2D eigenvalue weighted by Crippen LogP contribution is -2.61. The first kappa shape index (κ1) is 19.2. The number of ether oxygens (including phenoxy) is 1. The smallest absolute Gasteiger partial charge is 0.241 e. The van der Waals surface area contributed by atoms with Crippen LogP contribution in [0.5, 0.6) is 5.75 Å². The molecule has 4 rings (SSSR count). The molecule has 28 heavy (non-hydrogen) atoms. The molecular weight excluding hydrogens is 400 g/mol. The first-order chi connectivity index (χ1) is 13.4. The number of rotatable bonds is 4. The molecule has 0 aromatic heterocycles. The van der Waals surface area contributed by atoms with E-state index in [0.29, 0.717) is 17.3 Å². The van der Waals surface area contributed by atoms with Crippen LogP contribution in [0.2, 0.25) is 5.02 Å². The number of piperazine rings is 1. The monoisotopic (exact) mass is 420 g/mol. The summed E-state index contributed by atoms with van der Waals surface area (Å²) < 4.78 is 30.0. The van der Waals surface area contributed by atoms with Gasteiger partial charge < -0.3 is 9.64 Å². The van der Waals surface area contributed by atoms with Gasteiger partial charge in [0.2, 0.25) is 5.91 Å². The fraction of sp³-hybridized carbons (Fsp3) is 0.350. The van der Waals surface area contributed by atoms with Crippen LogP contribution in [0.3, 0.4) is 0 Å². The van der Waals surface area contributed by atoms with Crippen LogP contribution in [0.15, 0.2) is 48.5 Å². The van der Waals surface area contributed by atoms with Gasteiger partial charge in [0.25, 0.3) is 0 Å². The van der Waals surface area contributed by atoms with Gasteiger partial charge in [0.15, 0.2) is 9.84 Å². The number of fused-ring (bicyclic) bond motifs is 1. The summed E-state index contributed by atoms with van der Waals surface area (Å²) in [6.45, 7) is 0.687. The summed E-state index contributed by atoms with van der Waals surface area (Å²) in [5.74, 6) is 0.693. The summed E-state index contributed by atoms with van der Waals surface area (Å²) in [6, 6.07) is 13.9. The molecule has 2 atom stereocenters. The first-order valence-corrected chi connectivity index (χ1v) is 11.2. The second kappa shape index (κ2) is 7.39. The van der Waals surface area contributed by atoms with Crippen molar-refractivity contribution in [1.29, 1.82) is 0 Å². The highest BCUT2D eigenvalue weighted by molar-refractivity contribution is 7.91. The number of sulfone groups is 1. The van der Waals surface area contributed by atoms with Crippen LogP contribution in [0.1, 0.15) is 5.56 Å². The topological polar surface area (TPSA) is 66.9 Å². The number of carbonyl (C=O) groups excluding carboxylic acids is 1. The molecule has 2 fully saturated rings. The lowest BCUT2D eigenvalue weighted by atomic mass is 10.0. The number of halogens is 1. The minimum Gasteiger partial charge on any atom is -0.497 e. The van der Waals surface area contributed by atoms with Crippen molar-refractivity contribution in [3.8, 4) is 5.75 Å². The highest BCUT2D eigenvalue weighted by Gasteiger charge is 2.49. The molecule has 0 saturated carbocycles. The fourth-order valence-electron chi connectivity index (χ4n) is 4.03. The third-order valence-corrected chi connectivity index (χ3v) is 7.30. The van der Waals surface area contributed by atoms with Crippen LogP contribution in [-0.4, -0.2) is 56.5 Å². The van der Waals surface area contributed by atoms with Crippen molar-refractivity contribution in [1.82, 2.24) is 4.90 Å². The minimum absolute atomic E-state index is 0.0227. The number of amides is 1. The Kier molecular flexibility index (Phi) is 5.07. The Morgan fingerprint density at radius 3 is 2.32 bits per heavy atom. The summed E-state index contributed by atoms with van der Waals surface area (Å²) in [5, 5.41) is 0.574. The molecule has 0 radical (unpaired) electrons. The summed E-state index contributed by atoms with van der Waals surface area (Å²) in [7, 11) is -1.61. The molecule has 2 aliphatic heterocycles. The molecule has 0 unspecified atom stereocenters. The predicted octanol–water partition coefficient (Wildman–Crippen LogP) is 2.36. The lowest BCUT2D eigenvalue weighted by molar-refractivity contribution is -0.123. The third-order valence-electron chi connectivity index (χ3n) is 5.35. The molecule has 2 aromatic rings. The van der Waals surface area contributed by atoms with E-state index in [9.17, 15) is 13.2 Å². The number of carbonyl (C=O) groups is 1. The van der Waals surface area contributed by atoms with E-state index in [-0.39, 0.29) is 30.0 Å². The Hall–Kier alpha value is -2.09. The SMILES string of the molecule is COc1ccc(CN2CC(=O)N(c3ccc(Cl)cc3)[C@@H]3CS(=O)(=O)C[C@@H]32)cc1. The molecule has 148 valence electrons. The van der Waals surface area contributed by atoms with Crippen LogP contribution in [0, 0.1) is 0 Å². The highest BCUT2D eigenvalue weighted by Crippen LogP contribution is 2.33. The van der Waals surface area contributed by atoms with Crippen LogP contribution in [-0.2, 0) is 21.2 Å². The molecule has 1 amide bonds. The Bertz CT molecular complexity index is 976. The van der Waals surface area contributed by atoms with Crippen molar-refractivity contribution in [3.63, 3.8) is 0 Å². The number of nitrogens with zero attached hydrogens (tertiary/aromatic N) is 2. The number of anilines is 1. The normalized spacial score (nSPS) is 24.2. The molecule has 2 saturated heterocycles. The molecule has 2 aliphatic rings. The van der Waals surface area contributed by atoms with E-state index >= 15 is 0 Å². The quantitative estimate of drug-likeness (QED) is 0.759. The van der Waals surface area contributed by atoms with E-state index in [2.05, 4.69) is 0 Å². The van der Waals surface area contributed by atoms with E-state index in [1.165, 1.54) is 0 Å². The van der Waals surface area contributed by atoms with Gasteiger partial charge >= 0.3 is 0 Å². The van der Waals surface area contributed by atoms with E-state index in [4.69, 9.17) is 16.3 Å². The standard InChI is InChI=1S/C20H21ClN2O4S/c1-27-17-8-2-14(3-9-17)10-22-11-20(24)23(16-6-4-15(21)5-7-16)19-13-28(25,26)12-18(19)22/h2-9,18-19H,10-13H2,1H3/t18-,19+/m0/s1. The number of benzene rings is 2. The Labute approximate surface area is 169 Å². The lowest BCUT2D eigenvalue weighted by Gasteiger charge is -2.43. The number of hydrogen-bond acceptors (Lipinski definition) is 5. The molecule has 6 nitrogen and oxygen atoms in total. The summed E-state index contributed by atoms with van der Waals surface area (Å²) >= 11 is 5.96. The fourth-order valence-corrected chi connectivity index (χ4v) is 6.14. The van der Waals surface area contributed by atoms with Gasteiger partial charge in [-0.25, -0.2) is 8.42 Å². The maximum absolute atomic E-state index is 13.0. The van der Waals surface area contributed by atoms with Crippen LogP contribution < -0.4 is 9.64 Å². The van der Waals surface area contributed by atoms with E-state index < -0.39 is 15.9 Å². The zero-order chi connectivity index (χ0) is 19.9. The second-order valence-electron chi connectivity index (χ2n) is 7.20. The molecule has 0 aliphatic carbocycles. The largest absolute Gasteiger partial charge is 0.497 e. The van der Waals surface area contributed by atoms with Crippen molar-refractivity contribution >= 4 is 33.0 Å². The Morgan fingerprint density at radius 2 is 1.68 bits per heavy atom. The predicted molar refractivity (Wildman–Crippen MR) is 109 cm³/mol. The molecule has 0 bridgehead atoms. The zero-order valence-electron chi connectivity index (χ0n) is 15.4. The summed E-state index contributed by atoms with van der Waals surface area (Å²) in [4.78, 5) is 16.6. The Morgan fingerprint density at radius 1 is 1.04 bits per heavy atom. The average Bonchev–Trinajstić information content (AvgIpc) is 2.99. The third kappa shape index (κ3) is 3.74. The van der Waals surface area contributed by atoms with Crippen molar-refractivity contribution in [2.24, 2.45) is 0 Å². The van der Waals surface area contributed by atoms with Gasteiger partial charge in [-0.3, -0.25) is 9.69 Å². The number of methoxy groups -OCH3 is 1. The van der Waals surface area contributed by atoms with Gasteiger partial charge in [0.05, 0.1) is 31.2 Å². The average molecular weight is 421 g/mol. The van der Waals surface area contributed by atoms with Gasteiger partial charge in [0.1, 0.15) is 5.75 Å². The van der Waals surface area contributed by atoms with Crippen LogP contribution >= 0.6 is 11.6 Å². The van der Waals surface area contributed by atoms with E-state index in [1.54, 1.807) is 36.3 Å². The second-order valence-corrected chi connectivity index (χ2v) is 9.80. The van der Waals surface area contributed by atoms with Gasteiger partial charge in [-0.2, -0.15) is 0 Å². The van der Waals surface area contributed by atoms with Gasteiger partial charge in [-0.1, -0.05) is 23.7 Å². The van der Waals surface area contributed by atoms with Gasteiger partial charge in [-0.15, -0.1) is 0 Å². The molecule has 2 heterocycles. The van der Waals surface area contributed by atoms with Crippen molar-refractivity contribution in [3.05, 3.63) is 59.1 Å². The molecule has 0 N–H and O–H groups in total. The van der Waals surface area contributed by atoms with Crippen molar-refractivity contribution in [2.45, 2.75) is 18.6 Å². The zero-order valence-corrected chi connectivity index (χ0v) is 17.0. The molecular formula is C20H21ClN2O4S. The van der Waals surface area contributed by atoms with Crippen molar-refractivity contribution in [2.75, 3.05) is 30.1 Å². The maximum atomic E-state index is 13.0. The van der Waals surface area contributed by atoms with E-state index in [1.807, 2.05) is 29.2 Å². The molecule has 8 heteroatoms. The molecule has 0 spiro atoms. The van der Waals surface area contributed by atoms with Gasteiger partial charge in [0, 0.05) is 23.3 Å². The summed E-state index contributed by atoms with van der Waals surface area (Å²) in [6.07, 6.45) is 0. The van der Waals surface area contributed by atoms with Crippen LogP contribution in [0.4, 0.5) is 5.69 Å². The summed E-state index contributed by atoms with van der Waals surface area (Å²) in [5.41, 5.74) is 1.70. The maximum Gasteiger partial charge on any atom is 0.241 e. The Balaban J connectivity index is 1.63. The van der Waals surface area contributed by atoms with E-state index in [0.717, 1.165) is 11.3 Å².